The number of hydrogen-bond acceptors (Lipinski definition) is 3. The molecule has 0 aliphatic carbocycles. The number of nitrogens with one attached hydrogen (secondary N) is 2. The predicted octanol–water partition coefficient (Wildman–Crippen LogP) is 4.11. The summed E-state index contributed by atoms with van der Waals surface area (Å²) < 4.78 is 5.80. The van der Waals surface area contributed by atoms with Gasteiger partial charge < -0.3 is 15.4 Å². The first-order valence-corrected chi connectivity index (χ1v) is 10.4. The van der Waals surface area contributed by atoms with Gasteiger partial charge in [0.15, 0.2) is 0 Å². The summed E-state index contributed by atoms with van der Waals surface area (Å²) in [4.78, 5) is 24.5. The maximum Gasteiger partial charge on any atom is 0.227 e. The van der Waals surface area contributed by atoms with Gasteiger partial charge in [-0.2, -0.15) is 0 Å². The Labute approximate surface area is 172 Å². The molecule has 0 unspecified atom stereocenters. The molecular formula is C24H30N2O3. The topological polar surface area (TPSA) is 67.4 Å². The lowest BCUT2D eigenvalue weighted by atomic mass is 9.95. The van der Waals surface area contributed by atoms with Crippen molar-refractivity contribution < 1.29 is 14.3 Å². The first-order chi connectivity index (χ1) is 14.0. The van der Waals surface area contributed by atoms with Crippen molar-refractivity contribution in [2.45, 2.75) is 52.0 Å². The molecule has 2 aromatic carbocycles. The molecule has 5 heteroatoms. The van der Waals surface area contributed by atoms with Gasteiger partial charge in [-0.3, -0.25) is 9.59 Å². The monoisotopic (exact) mass is 394 g/mol. The molecule has 0 saturated carbocycles. The molecule has 0 saturated heterocycles. The summed E-state index contributed by atoms with van der Waals surface area (Å²) in [5, 5.41) is 6.03. The number of hydrogen-bond donors (Lipinski definition) is 2. The molecule has 29 heavy (non-hydrogen) atoms. The molecule has 0 radical (unpaired) electrons. The van der Waals surface area contributed by atoms with Gasteiger partial charge in [0.25, 0.3) is 0 Å². The van der Waals surface area contributed by atoms with Crippen LogP contribution in [0.5, 0.6) is 5.75 Å². The van der Waals surface area contributed by atoms with Crippen molar-refractivity contribution >= 4 is 17.5 Å². The lowest BCUT2D eigenvalue weighted by molar-refractivity contribution is -0.127. The van der Waals surface area contributed by atoms with Crippen molar-refractivity contribution in [2.75, 3.05) is 11.9 Å². The maximum atomic E-state index is 12.7. The van der Waals surface area contributed by atoms with Gasteiger partial charge in [-0.05, 0) is 61.9 Å². The van der Waals surface area contributed by atoms with Crippen molar-refractivity contribution in [1.82, 2.24) is 5.32 Å². The normalized spacial score (nSPS) is 16.3. The zero-order valence-electron chi connectivity index (χ0n) is 17.2. The second-order valence-electron chi connectivity index (χ2n) is 7.77. The van der Waals surface area contributed by atoms with Crippen molar-refractivity contribution in [3.63, 3.8) is 0 Å². The van der Waals surface area contributed by atoms with E-state index in [4.69, 9.17) is 4.74 Å². The van der Waals surface area contributed by atoms with Crippen LogP contribution in [-0.4, -0.2) is 24.5 Å². The standard InChI is InChI=1S/C24H30N2O3/c1-3-7-23(27)26-21-12-13-22-19(15-21)14-20(16-29-22)24(28)25-17(2)10-11-18-8-5-4-6-9-18/h4-6,8-9,12-13,15,17,20H,3,7,10-11,14,16H2,1-2H3,(H,25,28)(H,26,27)/t17-,20-/m1/s1. The van der Waals surface area contributed by atoms with Crippen LogP contribution < -0.4 is 15.4 Å². The van der Waals surface area contributed by atoms with Gasteiger partial charge >= 0.3 is 0 Å². The first-order valence-electron chi connectivity index (χ1n) is 10.4. The van der Waals surface area contributed by atoms with E-state index in [9.17, 15) is 9.59 Å². The summed E-state index contributed by atoms with van der Waals surface area (Å²) in [5.41, 5.74) is 2.99. The van der Waals surface area contributed by atoms with Crippen molar-refractivity contribution in [1.29, 1.82) is 0 Å². The summed E-state index contributed by atoms with van der Waals surface area (Å²) in [5.74, 6) is 0.602. The number of carbonyl (C=O) groups is 2. The van der Waals surface area contributed by atoms with E-state index >= 15 is 0 Å². The van der Waals surface area contributed by atoms with Gasteiger partial charge in [-0.15, -0.1) is 0 Å². The van der Waals surface area contributed by atoms with Gasteiger partial charge in [0, 0.05) is 18.2 Å². The SMILES string of the molecule is CCCC(=O)Nc1ccc2c(c1)C[C@@H](C(=O)N[C@H](C)CCc1ccccc1)CO2. The maximum absolute atomic E-state index is 12.7. The van der Waals surface area contributed by atoms with Gasteiger partial charge in [0.1, 0.15) is 12.4 Å². The Bertz CT molecular complexity index is 835. The lowest BCUT2D eigenvalue weighted by Gasteiger charge is -2.26. The number of aryl methyl sites for hydroxylation is 1. The molecule has 1 aliphatic heterocycles. The number of fused-ring (bicyclic) bond motifs is 1. The molecular weight excluding hydrogens is 364 g/mol. The minimum Gasteiger partial charge on any atom is -0.492 e. The smallest absolute Gasteiger partial charge is 0.227 e. The van der Waals surface area contributed by atoms with Gasteiger partial charge in [0.05, 0.1) is 5.92 Å². The minimum absolute atomic E-state index is 0.00529. The molecule has 3 rings (SSSR count). The number of anilines is 1. The van der Waals surface area contributed by atoms with E-state index in [0.717, 1.165) is 36.3 Å². The molecule has 0 aromatic heterocycles. The molecule has 2 atom stereocenters. The molecule has 2 amide bonds. The largest absolute Gasteiger partial charge is 0.492 e. The number of ether oxygens (including phenoxy) is 1. The van der Waals surface area contributed by atoms with Crippen LogP contribution >= 0.6 is 0 Å². The number of benzene rings is 2. The molecule has 154 valence electrons. The molecule has 1 aliphatic rings. The molecule has 5 nitrogen and oxygen atoms in total. The van der Waals surface area contributed by atoms with E-state index in [1.165, 1.54) is 5.56 Å². The zero-order valence-corrected chi connectivity index (χ0v) is 17.2. The van der Waals surface area contributed by atoms with Crippen molar-refractivity contribution in [2.24, 2.45) is 5.92 Å². The van der Waals surface area contributed by atoms with Gasteiger partial charge in [-0.25, -0.2) is 0 Å². The Morgan fingerprint density at radius 2 is 1.97 bits per heavy atom. The van der Waals surface area contributed by atoms with Gasteiger partial charge in [-0.1, -0.05) is 37.3 Å². The van der Waals surface area contributed by atoms with Gasteiger partial charge in [0.2, 0.25) is 11.8 Å². The second-order valence-corrected chi connectivity index (χ2v) is 7.77. The first kappa shape index (κ1) is 20.9. The van der Waals surface area contributed by atoms with Crippen LogP contribution in [0.2, 0.25) is 0 Å². The highest BCUT2D eigenvalue weighted by atomic mass is 16.5. The number of rotatable bonds is 8. The third-order valence-corrected chi connectivity index (χ3v) is 5.20. The summed E-state index contributed by atoms with van der Waals surface area (Å²) in [7, 11) is 0. The van der Waals surface area contributed by atoms with Crippen LogP contribution in [-0.2, 0) is 22.4 Å². The van der Waals surface area contributed by atoms with E-state index in [2.05, 4.69) is 22.8 Å². The molecule has 0 bridgehead atoms. The van der Waals surface area contributed by atoms with Crippen molar-refractivity contribution in [3.8, 4) is 5.75 Å². The third kappa shape index (κ3) is 6.08. The molecule has 1 heterocycles. The van der Waals surface area contributed by atoms with Crippen LogP contribution in [0, 0.1) is 5.92 Å². The second kappa shape index (κ2) is 10.1. The zero-order chi connectivity index (χ0) is 20.6. The highest BCUT2D eigenvalue weighted by molar-refractivity contribution is 5.91. The average molecular weight is 395 g/mol. The summed E-state index contributed by atoms with van der Waals surface area (Å²) in [6, 6.07) is 16.0. The van der Waals surface area contributed by atoms with Crippen LogP contribution in [0.3, 0.4) is 0 Å². The highest BCUT2D eigenvalue weighted by Gasteiger charge is 2.27. The Hall–Kier alpha value is -2.82. The van der Waals surface area contributed by atoms with Crippen LogP contribution in [0.25, 0.3) is 0 Å². The summed E-state index contributed by atoms with van der Waals surface area (Å²) in [6.45, 7) is 4.40. The Balaban J connectivity index is 1.53. The molecule has 2 aromatic rings. The van der Waals surface area contributed by atoms with E-state index in [1.54, 1.807) is 0 Å². The fraction of sp³-hybridized carbons (Fsp3) is 0.417. The van der Waals surface area contributed by atoms with E-state index in [0.29, 0.717) is 19.4 Å². The minimum atomic E-state index is -0.219. The Morgan fingerprint density at radius 1 is 1.17 bits per heavy atom. The Morgan fingerprint density at radius 3 is 2.72 bits per heavy atom. The number of carbonyl (C=O) groups excluding carboxylic acids is 2. The summed E-state index contributed by atoms with van der Waals surface area (Å²) >= 11 is 0. The third-order valence-electron chi connectivity index (χ3n) is 5.20. The predicted molar refractivity (Wildman–Crippen MR) is 115 cm³/mol. The molecule has 0 spiro atoms. The van der Waals surface area contributed by atoms with E-state index in [1.807, 2.05) is 50.2 Å². The average Bonchev–Trinajstić information content (AvgIpc) is 2.72. The van der Waals surface area contributed by atoms with E-state index in [-0.39, 0.29) is 23.8 Å². The fourth-order valence-electron chi connectivity index (χ4n) is 3.55. The number of amides is 2. The molecule has 2 N–H and O–H groups in total. The fourth-order valence-corrected chi connectivity index (χ4v) is 3.55. The summed E-state index contributed by atoms with van der Waals surface area (Å²) in [6.07, 6.45) is 3.76. The quantitative estimate of drug-likeness (QED) is 0.708. The van der Waals surface area contributed by atoms with Crippen molar-refractivity contribution in [3.05, 3.63) is 59.7 Å². The highest BCUT2D eigenvalue weighted by Crippen LogP contribution is 2.30. The van der Waals surface area contributed by atoms with Crippen LogP contribution in [0.4, 0.5) is 5.69 Å². The van der Waals surface area contributed by atoms with Crippen LogP contribution in [0.1, 0.15) is 44.2 Å². The van der Waals surface area contributed by atoms with Crippen LogP contribution in [0.15, 0.2) is 48.5 Å². The lowest BCUT2D eigenvalue weighted by Crippen LogP contribution is -2.41. The molecule has 0 fully saturated rings. The van der Waals surface area contributed by atoms with E-state index < -0.39 is 0 Å². The Kier molecular flexibility index (Phi) is 7.28.